The van der Waals surface area contributed by atoms with Gasteiger partial charge in [-0.1, -0.05) is 25.1 Å². The Morgan fingerprint density at radius 1 is 1.17 bits per heavy atom. The number of nitrogens with zero attached hydrogens (tertiary/aromatic N) is 1. The normalized spacial score (nSPS) is 29.5. The molecule has 1 aromatic carbocycles. The van der Waals surface area contributed by atoms with Crippen molar-refractivity contribution in [2.45, 2.75) is 37.5 Å². The predicted molar refractivity (Wildman–Crippen MR) is 147 cm³/mol. The van der Waals surface area contributed by atoms with Crippen molar-refractivity contribution < 1.29 is 44.7 Å². The van der Waals surface area contributed by atoms with Crippen LogP contribution in [0.3, 0.4) is 0 Å². The third-order valence-electron chi connectivity index (χ3n) is 8.19. The van der Waals surface area contributed by atoms with Gasteiger partial charge in [0.15, 0.2) is 11.4 Å². The molecule has 0 aromatic heterocycles. The van der Waals surface area contributed by atoms with E-state index in [1.54, 1.807) is 6.92 Å². The molecular formula is C28H34N4O9. The molecule has 1 saturated carbocycles. The highest BCUT2D eigenvalue weighted by Gasteiger charge is 2.68. The summed E-state index contributed by atoms with van der Waals surface area (Å²) in [6.45, 7) is 3.82. The van der Waals surface area contributed by atoms with Crippen LogP contribution in [-0.2, 0) is 19.2 Å². The Balaban J connectivity index is 1.86. The molecule has 9 N–H and O–H groups in total. The number of rotatable bonds is 7. The topological polar surface area (TPSA) is 223 Å². The Bertz CT molecular complexity index is 1430. The first-order valence-electron chi connectivity index (χ1n) is 13.0. The first-order chi connectivity index (χ1) is 19.2. The lowest BCUT2D eigenvalue weighted by Gasteiger charge is -2.53. The summed E-state index contributed by atoms with van der Waals surface area (Å²) in [6, 6.07) is 1.51. The molecule has 220 valence electrons. The average Bonchev–Trinajstić information content (AvgIpc) is 2.89. The van der Waals surface area contributed by atoms with Crippen molar-refractivity contribution in [2.75, 3.05) is 32.5 Å². The molecule has 0 saturated heterocycles. The van der Waals surface area contributed by atoms with E-state index in [9.17, 15) is 44.7 Å². The number of aliphatic hydroxyl groups is 4. The number of Topliss-reactive ketones (excluding diaryl/α,β-unsaturated/α-hetero) is 2. The lowest BCUT2D eigenvalue weighted by molar-refractivity contribution is -0.169. The molecule has 4 rings (SSSR count). The van der Waals surface area contributed by atoms with Crippen LogP contribution in [0.2, 0.25) is 0 Å². The van der Waals surface area contributed by atoms with Crippen molar-refractivity contribution in [3.63, 3.8) is 0 Å². The molecular weight excluding hydrogens is 536 g/mol. The summed E-state index contributed by atoms with van der Waals surface area (Å²) in [4.78, 5) is 53.0. The Morgan fingerprint density at radius 2 is 1.83 bits per heavy atom. The summed E-state index contributed by atoms with van der Waals surface area (Å²) < 4.78 is 0. The summed E-state index contributed by atoms with van der Waals surface area (Å²) in [5, 5.41) is 62.2. The van der Waals surface area contributed by atoms with Gasteiger partial charge >= 0.3 is 0 Å². The quantitative estimate of drug-likeness (QED) is 0.0911. The van der Waals surface area contributed by atoms with Gasteiger partial charge in [-0.3, -0.25) is 24.1 Å². The van der Waals surface area contributed by atoms with Crippen LogP contribution in [0.5, 0.6) is 5.75 Å². The minimum atomic E-state index is -3.00. The molecule has 2 amide bonds. The number of hydrogen-bond acceptors (Lipinski definition) is 11. The smallest absolute Gasteiger partial charge is 0.255 e. The summed E-state index contributed by atoms with van der Waals surface area (Å²) in [5.41, 5.74) is 0.891. The van der Waals surface area contributed by atoms with Gasteiger partial charge in [0.05, 0.1) is 35.9 Å². The van der Waals surface area contributed by atoms with E-state index < -0.39 is 87.3 Å². The lowest BCUT2D eigenvalue weighted by Crippen LogP contribution is -2.70. The number of phenolic OH excluding ortho intramolecular Hbond substituents is 1. The number of allylic oxidation sites excluding steroid dienone is 1. The molecule has 0 radical (unpaired) electrons. The maximum absolute atomic E-state index is 14.0. The molecule has 0 bridgehead atoms. The maximum Gasteiger partial charge on any atom is 0.255 e. The number of anilines is 1. The number of ketones is 2. The van der Waals surface area contributed by atoms with Crippen LogP contribution in [0, 0.1) is 11.8 Å². The number of benzene rings is 1. The highest BCUT2D eigenvalue weighted by Crippen LogP contribution is 2.56. The van der Waals surface area contributed by atoms with Gasteiger partial charge in [-0.15, -0.1) is 0 Å². The fraction of sp³-hybridized carbons (Fsp3) is 0.429. The second-order valence-electron chi connectivity index (χ2n) is 10.7. The Labute approximate surface area is 235 Å². The third-order valence-corrected chi connectivity index (χ3v) is 8.19. The van der Waals surface area contributed by atoms with E-state index in [-0.39, 0.29) is 17.8 Å². The molecule has 0 spiro atoms. The molecule has 1 fully saturated rings. The molecule has 3 aliphatic carbocycles. The van der Waals surface area contributed by atoms with Crippen molar-refractivity contribution in [1.82, 2.24) is 10.2 Å². The number of aromatic hydroxyl groups is 1. The van der Waals surface area contributed by atoms with Gasteiger partial charge in [0, 0.05) is 18.0 Å². The van der Waals surface area contributed by atoms with Gasteiger partial charge in [0.2, 0.25) is 11.7 Å². The van der Waals surface area contributed by atoms with Crippen LogP contribution < -0.4 is 16.4 Å². The maximum atomic E-state index is 14.0. The van der Waals surface area contributed by atoms with Crippen LogP contribution in [-0.4, -0.2) is 98.7 Å². The fourth-order valence-electron chi connectivity index (χ4n) is 6.30. The number of carbonyl (C=O) groups is 4. The predicted octanol–water partition coefficient (Wildman–Crippen LogP) is -0.400. The molecule has 3 aliphatic rings. The van der Waals surface area contributed by atoms with E-state index in [2.05, 4.69) is 10.6 Å². The highest BCUT2D eigenvalue weighted by molar-refractivity contribution is 6.24. The molecule has 1 aromatic rings. The molecule has 13 nitrogen and oxygen atoms in total. The van der Waals surface area contributed by atoms with Crippen LogP contribution in [0.25, 0.3) is 5.76 Å². The SMILES string of the molecule is CC=CCNCC(=O)Nc1ccc2c(c1O)C(O)=C1C(=O)C3(O)C(O)=C(C(N)=O)C(=O)[C@@H](N(C)C)C3C(O)C1C2C. The van der Waals surface area contributed by atoms with Crippen molar-refractivity contribution in [3.8, 4) is 5.75 Å². The van der Waals surface area contributed by atoms with E-state index in [1.807, 2.05) is 19.1 Å². The first kappa shape index (κ1) is 29.9. The average molecular weight is 571 g/mol. The number of carbonyl (C=O) groups excluding carboxylic acids is 4. The minimum Gasteiger partial charge on any atom is -0.508 e. The van der Waals surface area contributed by atoms with Gasteiger partial charge in [0.1, 0.15) is 22.8 Å². The molecule has 6 atom stereocenters. The number of nitrogens with one attached hydrogen (secondary N) is 2. The van der Waals surface area contributed by atoms with E-state index in [1.165, 1.54) is 31.1 Å². The van der Waals surface area contributed by atoms with E-state index >= 15 is 0 Å². The van der Waals surface area contributed by atoms with Crippen molar-refractivity contribution in [3.05, 3.63) is 52.3 Å². The number of amides is 2. The van der Waals surface area contributed by atoms with Gasteiger partial charge in [-0.05, 0) is 38.6 Å². The van der Waals surface area contributed by atoms with Crippen molar-refractivity contribution in [1.29, 1.82) is 0 Å². The summed E-state index contributed by atoms with van der Waals surface area (Å²) in [7, 11) is 2.88. The van der Waals surface area contributed by atoms with E-state index in [4.69, 9.17) is 5.73 Å². The molecule has 0 aliphatic heterocycles. The Hall–Kier alpha value is -4.04. The number of primary amides is 1. The number of hydrogen-bond donors (Lipinski definition) is 8. The fourth-order valence-corrected chi connectivity index (χ4v) is 6.30. The van der Waals surface area contributed by atoms with Gasteiger partial charge < -0.3 is 41.9 Å². The van der Waals surface area contributed by atoms with Crippen molar-refractivity contribution in [2.24, 2.45) is 17.6 Å². The molecule has 13 heteroatoms. The van der Waals surface area contributed by atoms with Gasteiger partial charge in [-0.2, -0.15) is 0 Å². The zero-order chi connectivity index (χ0) is 30.5. The first-order valence-corrected chi connectivity index (χ1v) is 13.0. The van der Waals surface area contributed by atoms with Crippen LogP contribution >= 0.6 is 0 Å². The van der Waals surface area contributed by atoms with E-state index in [0.717, 1.165) is 0 Å². The molecule has 5 unspecified atom stereocenters. The van der Waals surface area contributed by atoms with Crippen LogP contribution in [0.15, 0.2) is 41.2 Å². The molecule has 41 heavy (non-hydrogen) atoms. The highest BCUT2D eigenvalue weighted by atomic mass is 16.4. The number of likely N-dealkylation sites (N-methyl/N-ethyl adjacent to an activating group) is 1. The third kappa shape index (κ3) is 4.41. The number of phenols is 1. The number of nitrogens with two attached hydrogens (primary N) is 1. The summed E-state index contributed by atoms with van der Waals surface area (Å²) in [6.07, 6.45) is 1.93. The largest absolute Gasteiger partial charge is 0.508 e. The summed E-state index contributed by atoms with van der Waals surface area (Å²) in [5.74, 6) is -10.3. The Kier molecular flexibility index (Phi) is 7.84. The molecule has 0 heterocycles. The van der Waals surface area contributed by atoms with Crippen molar-refractivity contribution >= 4 is 34.8 Å². The number of aliphatic hydroxyl groups excluding tert-OH is 3. The van der Waals surface area contributed by atoms with Crippen LogP contribution in [0.4, 0.5) is 5.69 Å². The Morgan fingerprint density at radius 3 is 2.41 bits per heavy atom. The zero-order valence-corrected chi connectivity index (χ0v) is 23.0. The van der Waals surface area contributed by atoms with Crippen LogP contribution in [0.1, 0.15) is 30.9 Å². The minimum absolute atomic E-state index is 0.0607. The van der Waals surface area contributed by atoms with E-state index in [0.29, 0.717) is 12.1 Å². The van der Waals surface area contributed by atoms with Gasteiger partial charge in [0.25, 0.3) is 5.91 Å². The van der Waals surface area contributed by atoms with Gasteiger partial charge in [-0.25, -0.2) is 0 Å². The second kappa shape index (κ2) is 10.7. The summed E-state index contributed by atoms with van der Waals surface area (Å²) >= 11 is 0. The number of fused-ring (bicyclic) bond motifs is 3. The zero-order valence-electron chi connectivity index (χ0n) is 23.0. The second-order valence-corrected chi connectivity index (χ2v) is 10.7. The standard InChI is InChI=1S/C28H34N4O9/c1-5-6-9-30-10-14(33)31-13-8-7-12-11(2)15-17(22(35)16(12)21(13)34)25(38)28(41)19(23(15)36)20(32(3)4)24(37)18(26(28)39)27(29)40/h5-8,11,15,19-20,23,30,34-36,39,41H,9-10H2,1-4H3,(H2,29,40)(H,31,33)/t11?,15?,19?,20-,23?,28?/m0/s1. The monoisotopic (exact) mass is 570 g/mol. The lowest BCUT2D eigenvalue weighted by atomic mass is 9.54.